The summed E-state index contributed by atoms with van der Waals surface area (Å²) in [6.45, 7) is 2.84. The molecule has 0 heterocycles. The first-order valence-electron chi connectivity index (χ1n) is 6.20. The maximum atomic E-state index is 13.4. The first-order chi connectivity index (χ1) is 9.81. The van der Waals surface area contributed by atoms with E-state index >= 15 is 0 Å². The second kappa shape index (κ2) is 5.65. The second-order valence-electron chi connectivity index (χ2n) is 4.60. The van der Waals surface area contributed by atoms with Crippen LogP contribution in [0.15, 0.2) is 47.4 Å². The van der Waals surface area contributed by atoms with Crippen molar-refractivity contribution in [1.82, 2.24) is 0 Å². The van der Waals surface area contributed by atoms with Gasteiger partial charge in [0.2, 0.25) is 0 Å². The van der Waals surface area contributed by atoms with E-state index in [4.69, 9.17) is 0 Å². The van der Waals surface area contributed by atoms with Crippen LogP contribution in [0.5, 0.6) is 0 Å². The molecule has 0 aliphatic carbocycles. The van der Waals surface area contributed by atoms with Crippen LogP contribution in [0.2, 0.25) is 0 Å². The average molecular weight is 307 g/mol. The van der Waals surface area contributed by atoms with Crippen molar-refractivity contribution in [3.05, 3.63) is 59.4 Å². The largest absolute Gasteiger partial charge is 0.295 e. The van der Waals surface area contributed by atoms with Gasteiger partial charge in [-0.05, 0) is 38.1 Å². The molecule has 110 valence electrons. The summed E-state index contributed by atoms with van der Waals surface area (Å²) in [6, 6.07) is 9.85. The molecule has 0 spiro atoms. The first-order valence-corrected chi connectivity index (χ1v) is 7.68. The Hall–Kier alpha value is -2.21. The number of anilines is 1. The van der Waals surface area contributed by atoms with Crippen LogP contribution < -0.4 is 4.72 Å². The van der Waals surface area contributed by atoms with E-state index in [0.29, 0.717) is 5.56 Å². The van der Waals surface area contributed by atoms with Crippen molar-refractivity contribution < 1.29 is 17.6 Å². The van der Waals surface area contributed by atoms with Gasteiger partial charge in [0.15, 0.2) is 5.78 Å². The third kappa shape index (κ3) is 3.28. The predicted molar refractivity (Wildman–Crippen MR) is 78.4 cm³/mol. The normalized spacial score (nSPS) is 11.2. The topological polar surface area (TPSA) is 63.2 Å². The molecule has 2 aromatic carbocycles. The monoisotopic (exact) mass is 307 g/mol. The highest BCUT2D eigenvalue weighted by molar-refractivity contribution is 7.92. The van der Waals surface area contributed by atoms with Crippen LogP contribution in [0.4, 0.5) is 10.1 Å². The lowest BCUT2D eigenvalue weighted by Gasteiger charge is -2.11. The number of sulfonamides is 1. The molecule has 0 bridgehead atoms. The number of ketones is 1. The van der Waals surface area contributed by atoms with E-state index < -0.39 is 15.8 Å². The zero-order chi connectivity index (χ0) is 15.6. The summed E-state index contributed by atoms with van der Waals surface area (Å²) in [6.07, 6.45) is 0. The molecule has 21 heavy (non-hydrogen) atoms. The van der Waals surface area contributed by atoms with Crippen LogP contribution in [0.3, 0.4) is 0 Å². The Bertz CT molecular complexity index is 800. The lowest BCUT2D eigenvalue weighted by molar-refractivity contribution is 0.101. The summed E-state index contributed by atoms with van der Waals surface area (Å²) in [4.78, 5) is 11.3. The molecule has 1 N–H and O–H groups in total. The van der Waals surface area contributed by atoms with Crippen LogP contribution >= 0.6 is 0 Å². The minimum absolute atomic E-state index is 0.0427. The van der Waals surface area contributed by atoms with Crippen molar-refractivity contribution in [1.29, 1.82) is 0 Å². The fourth-order valence-electron chi connectivity index (χ4n) is 1.80. The van der Waals surface area contributed by atoms with Crippen molar-refractivity contribution in [2.75, 3.05) is 4.72 Å². The van der Waals surface area contributed by atoms with Gasteiger partial charge < -0.3 is 0 Å². The minimum Gasteiger partial charge on any atom is -0.295 e. The lowest BCUT2D eigenvalue weighted by atomic mass is 10.2. The Kier molecular flexibility index (Phi) is 4.09. The smallest absolute Gasteiger partial charge is 0.261 e. The van der Waals surface area contributed by atoms with E-state index in [-0.39, 0.29) is 21.9 Å². The van der Waals surface area contributed by atoms with Gasteiger partial charge in [0.05, 0.1) is 10.6 Å². The standard InChI is InChI=1S/C15H14FNO3S/c1-10-14(16)7-4-8-15(10)17-21(19,20)13-6-3-5-12(9-13)11(2)18/h3-9,17H,1-2H3. The van der Waals surface area contributed by atoms with Crippen molar-refractivity contribution in [2.24, 2.45) is 0 Å². The number of hydrogen-bond acceptors (Lipinski definition) is 3. The number of halogens is 1. The molecule has 0 fully saturated rings. The second-order valence-corrected chi connectivity index (χ2v) is 6.28. The number of hydrogen-bond donors (Lipinski definition) is 1. The predicted octanol–water partition coefficient (Wildman–Crippen LogP) is 3.14. The minimum atomic E-state index is -3.88. The van der Waals surface area contributed by atoms with Crippen LogP contribution in [-0.4, -0.2) is 14.2 Å². The SMILES string of the molecule is CC(=O)c1cccc(S(=O)(=O)Nc2cccc(F)c2C)c1. The summed E-state index contributed by atoms with van der Waals surface area (Å²) < 4.78 is 40.4. The summed E-state index contributed by atoms with van der Waals surface area (Å²) in [5, 5.41) is 0. The molecule has 4 nitrogen and oxygen atoms in total. The van der Waals surface area contributed by atoms with Gasteiger partial charge in [-0.3, -0.25) is 9.52 Å². The van der Waals surface area contributed by atoms with Crippen molar-refractivity contribution in [2.45, 2.75) is 18.7 Å². The van der Waals surface area contributed by atoms with E-state index in [1.165, 1.54) is 56.3 Å². The molecule has 0 unspecified atom stereocenters. The first kappa shape index (κ1) is 15.2. The summed E-state index contributed by atoms with van der Waals surface area (Å²) in [7, 11) is -3.88. The molecule has 2 rings (SSSR count). The molecule has 0 aliphatic rings. The van der Waals surface area contributed by atoms with E-state index in [1.54, 1.807) is 0 Å². The van der Waals surface area contributed by atoms with Crippen molar-refractivity contribution in [3.8, 4) is 0 Å². The van der Waals surface area contributed by atoms with Gasteiger partial charge in [-0.2, -0.15) is 0 Å². The number of carbonyl (C=O) groups is 1. The van der Waals surface area contributed by atoms with Crippen LogP contribution in [0.25, 0.3) is 0 Å². The molecule has 0 saturated heterocycles. The zero-order valence-corrected chi connectivity index (χ0v) is 12.4. The van der Waals surface area contributed by atoms with Gasteiger partial charge >= 0.3 is 0 Å². The van der Waals surface area contributed by atoms with E-state index in [9.17, 15) is 17.6 Å². The number of carbonyl (C=O) groups excluding carboxylic acids is 1. The van der Waals surface area contributed by atoms with Gasteiger partial charge in [0.25, 0.3) is 10.0 Å². The molecule has 0 aliphatic heterocycles. The fraction of sp³-hybridized carbons (Fsp3) is 0.133. The van der Waals surface area contributed by atoms with Gasteiger partial charge in [-0.1, -0.05) is 18.2 Å². The third-order valence-electron chi connectivity index (χ3n) is 3.06. The van der Waals surface area contributed by atoms with Gasteiger partial charge in [0.1, 0.15) is 5.82 Å². The Balaban J connectivity index is 2.41. The quantitative estimate of drug-likeness (QED) is 0.883. The summed E-state index contributed by atoms with van der Waals surface area (Å²) in [5.41, 5.74) is 0.681. The molecular formula is C15H14FNO3S. The Morgan fingerprint density at radius 1 is 1.14 bits per heavy atom. The highest BCUT2D eigenvalue weighted by Gasteiger charge is 2.17. The lowest BCUT2D eigenvalue weighted by Crippen LogP contribution is -2.14. The molecule has 0 amide bonds. The number of benzene rings is 2. The van der Waals surface area contributed by atoms with Gasteiger partial charge in [-0.25, -0.2) is 12.8 Å². The molecule has 0 aromatic heterocycles. The number of Topliss-reactive ketones (excluding diaryl/α,β-unsaturated/α-hetero) is 1. The van der Waals surface area contributed by atoms with E-state index in [1.807, 2.05) is 0 Å². The maximum absolute atomic E-state index is 13.4. The molecule has 0 saturated carbocycles. The Labute approximate surface area is 122 Å². The van der Waals surface area contributed by atoms with Gasteiger partial charge in [-0.15, -0.1) is 0 Å². The third-order valence-corrected chi connectivity index (χ3v) is 4.43. The average Bonchev–Trinajstić information content (AvgIpc) is 2.44. The fourth-order valence-corrected chi connectivity index (χ4v) is 2.97. The molecule has 0 radical (unpaired) electrons. The Morgan fingerprint density at radius 2 is 1.81 bits per heavy atom. The molecular weight excluding hydrogens is 293 g/mol. The molecule has 0 atom stereocenters. The zero-order valence-electron chi connectivity index (χ0n) is 11.6. The number of nitrogens with one attached hydrogen (secondary N) is 1. The van der Waals surface area contributed by atoms with Crippen molar-refractivity contribution in [3.63, 3.8) is 0 Å². The van der Waals surface area contributed by atoms with E-state index in [0.717, 1.165) is 0 Å². The van der Waals surface area contributed by atoms with Crippen LogP contribution in [0, 0.1) is 12.7 Å². The Morgan fingerprint density at radius 3 is 2.48 bits per heavy atom. The maximum Gasteiger partial charge on any atom is 0.261 e. The van der Waals surface area contributed by atoms with Crippen LogP contribution in [0.1, 0.15) is 22.8 Å². The molecule has 6 heteroatoms. The highest BCUT2D eigenvalue weighted by atomic mass is 32.2. The van der Waals surface area contributed by atoms with Crippen molar-refractivity contribution >= 4 is 21.5 Å². The van der Waals surface area contributed by atoms with Gasteiger partial charge in [0, 0.05) is 11.1 Å². The summed E-state index contributed by atoms with van der Waals surface area (Å²) in [5.74, 6) is -0.721. The summed E-state index contributed by atoms with van der Waals surface area (Å²) >= 11 is 0. The van der Waals surface area contributed by atoms with Crippen LogP contribution in [-0.2, 0) is 10.0 Å². The number of rotatable bonds is 4. The highest BCUT2D eigenvalue weighted by Crippen LogP contribution is 2.22. The van der Waals surface area contributed by atoms with E-state index in [2.05, 4.69) is 4.72 Å². The molecule has 2 aromatic rings.